The molecule has 0 aliphatic carbocycles. The van der Waals surface area contributed by atoms with E-state index in [4.69, 9.17) is 5.11 Å². The maximum atomic E-state index is 10.9. The minimum absolute atomic E-state index is 0.371. The molecule has 1 unspecified atom stereocenters. The first-order chi connectivity index (χ1) is 7.16. The minimum atomic E-state index is -0.750. The van der Waals surface area contributed by atoms with E-state index in [0.29, 0.717) is 12.4 Å². The summed E-state index contributed by atoms with van der Waals surface area (Å²) in [5, 5.41) is 15.7. The molecule has 0 spiro atoms. The smallest absolute Gasteiger partial charge is 0.320 e. The molecule has 1 aliphatic heterocycles. The van der Waals surface area contributed by atoms with E-state index in [1.54, 1.807) is 0 Å². The summed E-state index contributed by atoms with van der Waals surface area (Å²) < 4.78 is 0. The van der Waals surface area contributed by atoms with Crippen LogP contribution in [-0.4, -0.2) is 43.7 Å². The van der Waals surface area contributed by atoms with Gasteiger partial charge in [-0.05, 0) is 26.3 Å². The van der Waals surface area contributed by atoms with Crippen LogP contribution in [0.2, 0.25) is 0 Å². The number of carboxylic acids is 1. The molecule has 82 valence electrons. The molecule has 0 bridgehead atoms. The third-order valence-electron chi connectivity index (χ3n) is 2.64. The van der Waals surface area contributed by atoms with Crippen LogP contribution in [0.5, 0.6) is 0 Å². The van der Waals surface area contributed by atoms with Crippen molar-refractivity contribution in [1.82, 2.24) is 20.1 Å². The van der Waals surface area contributed by atoms with E-state index in [1.807, 2.05) is 11.8 Å². The first-order valence-corrected chi connectivity index (χ1v) is 5.01. The summed E-state index contributed by atoms with van der Waals surface area (Å²) in [7, 11) is 0. The lowest BCUT2D eigenvalue weighted by atomic mass is 10.2. The first-order valence-electron chi connectivity index (χ1n) is 5.01. The summed E-state index contributed by atoms with van der Waals surface area (Å²) in [5.74, 6) is 0.677. The van der Waals surface area contributed by atoms with Gasteiger partial charge in [-0.1, -0.05) is 0 Å². The molecule has 15 heavy (non-hydrogen) atoms. The lowest BCUT2D eigenvalue weighted by Gasteiger charge is -2.18. The van der Waals surface area contributed by atoms with Crippen molar-refractivity contribution in [3.05, 3.63) is 11.6 Å². The Bertz CT molecular complexity index is 363. The molecule has 2 heterocycles. The van der Waals surface area contributed by atoms with Gasteiger partial charge < -0.3 is 5.11 Å². The topological polar surface area (TPSA) is 82.1 Å². The van der Waals surface area contributed by atoms with Crippen LogP contribution in [-0.2, 0) is 11.3 Å². The molecular weight excluding hydrogens is 196 g/mol. The Balaban J connectivity index is 2.02. The fourth-order valence-corrected chi connectivity index (χ4v) is 1.94. The molecule has 1 atom stereocenters. The largest absolute Gasteiger partial charge is 0.480 e. The number of H-pyrrole nitrogens is 1. The Hall–Kier alpha value is -1.43. The van der Waals surface area contributed by atoms with Gasteiger partial charge in [0.05, 0.1) is 6.54 Å². The number of hydrogen-bond donors (Lipinski definition) is 2. The van der Waals surface area contributed by atoms with Gasteiger partial charge in [0, 0.05) is 0 Å². The number of aryl methyl sites for hydroxylation is 1. The maximum Gasteiger partial charge on any atom is 0.320 e. The second kappa shape index (κ2) is 3.98. The predicted molar refractivity (Wildman–Crippen MR) is 52.2 cm³/mol. The second-order valence-electron chi connectivity index (χ2n) is 3.80. The summed E-state index contributed by atoms with van der Waals surface area (Å²) in [6.45, 7) is 3.15. The van der Waals surface area contributed by atoms with Crippen molar-refractivity contribution >= 4 is 5.97 Å². The molecule has 2 N–H and O–H groups in total. The van der Waals surface area contributed by atoms with Crippen LogP contribution >= 0.6 is 0 Å². The van der Waals surface area contributed by atoms with Gasteiger partial charge in [0.25, 0.3) is 0 Å². The van der Waals surface area contributed by atoms with Gasteiger partial charge in [-0.3, -0.25) is 14.8 Å². The number of nitrogens with zero attached hydrogens (tertiary/aromatic N) is 3. The molecule has 1 aromatic rings. The van der Waals surface area contributed by atoms with Crippen LogP contribution in [0.4, 0.5) is 0 Å². The number of rotatable bonds is 3. The van der Waals surface area contributed by atoms with Gasteiger partial charge in [0.1, 0.15) is 11.9 Å². The van der Waals surface area contributed by atoms with Gasteiger partial charge >= 0.3 is 5.97 Å². The lowest BCUT2D eigenvalue weighted by Crippen LogP contribution is -2.35. The average Bonchev–Trinajstić information content (AvgIpc) is 2.75. The number of aromatic nitrogens is 3. The zero-order valence-corrected chi connectivity index (χ0v) is 8.60. The summed E-state index contributed by atoms with van der Waals surface area (Å²) >= 11 is 0. The summed E-state index contributed by atoms with van der Waals surface area (Å²) in [6.07, 6.45) is 1.65. The Morgan fingerprint density at radius 2 is 2.53 bits per heavy atom. The van der Waals surface area contributed by atoms with E-state index in [1.165, 1.54) is 0 Å². The van der Waals surface area contributed by atoms with Crippen molar-refractivity contribution < 1.29 is 9.90 Å². The highest BCUT2D eigenvalue weighted by Gasteiger charge is 2.30. The molecular formula is C9H14N4O2. The standard InChI is InChI=1S/C9H14N4O2/c1-6-10-8(12-11-6)5-13-4-2-3-7(13)9(14)15/h7H,2-5H2,1H3,(H,14,15)(H,10,11,12). The fourth-order valence-electron chi connectivity index (χ4n) is 1.94. The van der Waals surface area contributed by atoms with Crippen LogP contribution in [0, 0.1) is 6.92 Å². The number of aliphatic carboxylic acids is 1. The number of hydrogen-bond acceptors (Lipinski definition) is 4. The van der Waals surface area contributed by atoms with Gasteiger partial charge in [0.15, 0.2) is 5.82 Å². The van der Waals surface area contributed by atoms with Crippen LogP contribution in [0.25, 0.3) is 0 Å². The Labute approximate surface area is 87.3 Å². The maximum absolute atomic E-state index is 10.9. The van der Waals surface area contributed by atoms with Crippen LogP contribution < -0.4 is 0 Å². The summed E-state index contributed by atoms with van der Waals surface area (Å²) in [4.78, 5) is 17.0. The number of likely N-dealkylation sites (tertiary alicyclic amines) is 1. The molecule has 1 saturated heterocycles. The average molecular weight is 210 g/mol. The summed E-state index contributed by atoms with van der Waals surface area (Å²) in [5.41, 5.74) is 0. The number of carbonyl (C=O) groups is 1. The van der Waals surface area contributed by atoms with Gasteiger partial charge in [-0.25, -0.2) is 4.98 Å². The van der Waals surface area contributed by atoms with Crippen LogP contribution in [0.15, 0.2) is 0 Å². The van der Waals surface area contributed by atoms with E-state index >= 15 is 0 Å². The first kappa shape index (κ1) is 10.1. The van der Waals surface area contributed by atoms with E-state index < -0.39 is 5.97 Å². The van der Waals surface area contributed by atoms with E-state index in [-0.39, 0.29) is 6.04 Å². The number of aromatic amines is 1. The summed E-state index contributed by atoms with van der Waals surface area (Å²) in [6, 6.07) is -0.371. The second-order valence-corrected chi connectivity index (χ2v) is 3.80. The molecule has 1 fully saturated rings. The molecule has 6 nitrogen and oxygen atoms in total. The Kier molecular flexibility index (Phi) is 2.68. The van der Waals surface area contributed by atoms with Crippen molar-refractivity contribution in [2.75, 3.05) is 6.54 Å². The molecule has 1 aromatic heterocycles. The van der Waals surface area contributed by atoms with Crippen LogP contribution in [0.3, 0.4) is 0 Å². The van der Waals surface area contributed by atoms with Crippen molar-refractivity contribution in [3.63, 3.8) is 0 Å². The molecule has 1 aliphatic rings. The fraction of sp³-hybridized carbons (Fsp3) is 0.667. The number of nitrogens with one attached hydrogen (secondary N) is 1. The monoisotopic (exact) mass is 210 g/mol. The van der Waals surface area contributed by atoms with Crippen molar-refractivity contribution in [2.24, 2.45) is 0 Å². The molecule has 0 aromatic carbocycles. The SMILES string of the molecule is Cc1nc(CN2CCCC2C(=O)O)n[nH]1. The Morgan fingerprint density at radius 3 is 3.13 bits per heavy atom. The van der Waals surface area contributed by atoms with Crippen molar-refractivity contribution in [1.29, 1.82) is 0 Å². The van der Waals surface area contributed by atoms with Crippen molar-refractivity contribution in [3.8, 4) is 0 Å². The van der Waals surface area contributed by atoms with E-state index in [9.17, 15) is 4.79 Å². The van der Waals surface area contributed by atoms with Crippen molar-refractivity contribution in [2.45, 2.75) is 32.4 Å². The predicted octanol–water partition coefficient (Wildman–Crippen LogP) is 0.162. The minimum Gasteiger partial charge on any atom is -0.480 e. The Morgan fingerprint density at radius 1 is 1.73 bits per heavy atom. The quantitative estimate of drug-likeness (QED) is 0.742. The normalized spacial score (nSPS) is 22.1. The highest BCUT2D eigenvalue weighted by molar-refractivity contribution is 5.73. The molecule has 0 amide bonds. The van der Waals surface area contributed by atoms with E-state index in [0.717, 1.165) is 25.2 Å². The van der Waals surface area contributed by atoms with Gasteiger partial charge in [0.2, 0.25) is 0 Å². The lowest BCUT2D eigenvalue weighted by molar-refractivity contribution is -0.142. The molecule has 2 rings (SSSR count). The van der Waals surface area contributed by atoms with E-state index in [2.05, 4.69) is 15.2 Å². The highest BCUT2D eigenvalue weighted by atomic mass is 16.4. The van der Waals surface area contributed by atoms with Gasteiger partial charge in [-0.15, -0.1) is 0 Å². The number of carboxylic acid groups (broad SMARTS) is 1. The molecule has 0 saturated carbocycles. The highest BCUT2D eigenvalue weighted by Crippen LogP contribution is 2.18. The molecule has 0 radical (unpaired) electrons. The van der Waals surface area contributed by atoms with Gasteiger partial charge in [-0.2, -0.15) is 5.10 Å². The van der Waals surface area contributed by atoms with Crippen LogP contribution in [0.1, 0.15) is 24.5 Å². The third-order valence-corrected chi connectivity index (χ3v) is 2.64. The third kappa shape index (κ3) is 2.15. The zero-order chi connectivity index (χ0) is 10.8. The molecule has 6 heteroatoms. The zero-order valence-electron chi connectivity index (χ0n) is 8.60.